The molecular formula is C24H29F3N4O. The molecule has 2 aromatic rings. The van der Waals surface area contributed by atoms with Gasteiger partial charge < -0.3 is 15.5 Å². The van der Waals surface area contributed by atoms with Gasteiger partial charge in [-0.2, -0.15) is 13.2 Å². The van der Waals surface area contributed by atoms with Crippen LogP contribution < -0.4 is 15.5 Å². The number of anilines is 2. The van der Waals surface area contributed by atoms with E-state index in [0.29, 0.717) is 30.4 Å². The molecule has 0 aliphatic carbocycles. The molecule has 1 unspecified atom stereocenters. The third-order valence-electron chi connectivity index (χ3n) is 6.51. The van der Waals surface area contributed by atoms with Crippen LogP contribution in [0.5, 0.6) is 0 Å². The standard InChI is InChI=1S/C24H29F3N4O/c1-15-8-11-31(12-9-15)22-19(4-6-21(30-22)24(25,26)27)14-29-23(32)16(2)17-3-5-20-18(13-17)7-10-28-20/h3-6,13,15-16,28H,7-12,14H2,1-2H3,(H,29,32). The third kappa shape index (κ3) is 4.84. The fourth-order valence-electron chi connectivity index (χ4n) is 4.35. The first-order valence-corrected chi connectivity index (χ1v) is 11.2. The summed E-state index contributed by atoms with van der Waals surface area (Å²) in [7, 11) is 0. The molecule has 1 amide bonds. The smallest absolute Gasteiger partial charge is 0.384 e. The van der Waals surface area contributed by atoms with Crippen molar-refractivity contribution in [3.63, 3.8) is 0 Å². The lowest BCUT2D eigenvalue weighted by atomic mass is 9.97. The molecule has 2 aliphatic heterocycles. The summed E-state index contributed by atoms with van der Waals surface area (Å²) in [6, 6.07) is 8.43. The number of alkyl halides is 3. The van der Waals surface area contributed by atoms with Gasteiger partial charge in [0.25, 0.3) is 0 Å². The molecule has 1 saturated heterocycles. The summed E-state index contributed by atoms with van der Waals surface area (Å²) < 4.78 is 39.8. The molecule has 172 valence electrons. The summed E-state index contributed by atoms with van der Waals surface area (Å²) in [6.07, 6.45) is -1.75. The highest BCUT2D eigenvalue weighted by molar-refractivity contribution is 5.83. The third-order valence-corrected chi connectivity index (χ3v) is 6.51. The minimum absolute atomic E-state index is 0.141. The number of fused-ring (bicyclic) bond motifs is 1. The minimum Gasteiger partial charge on any atom is -0.384 e. The number of carbonyl (C=O) groups excluding carboxylic acids is 1. The van der Waals surface area contributed by atoms with Crippen LogP contribution in [0, 0.1) is 5.92 Å². The first-order valence-electron chi connectivity index (χ1n) is 11.2. The van der Waals surface area contributed by atoms with Crippen LogP contribution in [-0.2, 0) is 23.9 Å². The van der Waals surface area contributed by atoms with Gasteiger partial charge in [0.15, 0.2) is 0 Å². The number of carbonyl (C=O) groups is 1. The monoisotopic (exact) mass is 446 g/mol. The van der Waals surface area contributed by atoms with Crippen molar-refractivity contribution < 1.29 is 18.0 Å². The first-order chi connectivity index (χ1) is 15.2. The quantitative estimate of drug-likeness (QED) is 0.698. The molecule has 2 N–H and O–H groups in total. The number of nitrogens with one attached hydrogen (secondary N) is 2. The number of amides is 1. The average Bonchev–Trinajstić information content (AvgIpc) is 3.24. The van der Waals surface area contributed by atoms with Crippen molar-refractivity contribution in [1.82, 2.24) is 10.3 Å². The van der Waals surface area contributed by atoms with Crippen molar-refractivity contribution in [3.8, 4) is 0 Å². The predicted molar refractivity (Wildman–Crippen MR) is 119 cm³/mol. The van der Waals surface area contributed by atoms with Crippen LogP contribution in [0.25, 0.3) is 0 Å². The Morgan fingerprint density at radius 2 is 2.00 bits per heavy atom. The lowest BCUT2D eigenvalue weighted by Crippen LogP contribution is -2.35. The number of hydrogen-bond acceptors (Lipinski definition) is 4. The Kier molecular flexibility index (Phi) is 6.31. The molecule has 1 fully saturated rings. The molecule has 1 aromatic heterocycles. The van der Waals surface area contributed by atoms with E-state index in [4.69, 9.17) is 0 Å². The van der Waals surface area contributed by atoms with Gasteiger partial charge in [0.05, 0.1) is 5.92 Å². The highest BCUT2D eigenvalue weighted by Gasteiger charge is 2.34. The van der Waals surface area contributed by atoms with Crippen molar-refractivity contribution in [2.45, 2.75) is 51.7 Å². The van der Waals surface area contributed by atoms with E-state index in [1.165, 1.54) is 11.6 Å². The van der Waals surface area contributed by atoms with E-state index >= 15 is 0 Å². The Morgan fingerprint density at radius 1 is 1.25 bits per heavy atom. The Balaban J connectivity index is 1.49. The molecule has 0 bridgehead atoms. The molecule has 5 nitrogen and oxygen atoms in total. The number of halogens is 3. The van der Waals surface area contributed by atoms with Crippen LogP contribution in [0.2, 0.25) is 0 Å². The Labute approximate surface area is 186 Å². The summed E-state index contributed by atoms with van der Waals surface area (Å²) in [5, 5.41) is 6.21. The topological polar surface area (TPSA) is 57.3 Å². The molecule has 0 saturated carbocycles. The fraction of sp³-hybridized carbons (Fsp3) is 0.500. The van der Waals surface area contributed by atoms with Crippen LogP contribution in [0.1, 0.15) is 55.0 Å². The molecule has 8 heteroatoms. The number of aromatic nitrogens is 1. The minimum atomic E-state index is -4.50. The number of hydrogen-bond donors (Lipinski definition) is 2. The lowest BCUT2D eigenvalue weighted by molar-refractivity contribution is -0.141. The number of nitrogens with zero attached hydrogens (tertiary/aromatic N) is 2. The second-order valence-electron chi connectivity index (χ2n) is 8.88. The number of benzene rings is 1. The fourth-order valence-corrected chi connectivity index (χ4v) is 4.35. The van der Waals surface area contributed by atoms with Crippen molar-refractivity contribution in [1.29, 1.82) is 0 Å². The Bertz CT molecular complexity index is 984. The molecule has 4 rings (SSSR count). The highest BCUT2D eigenvalue weighted by Crippen LogP contribution is 2.32. The number of pyridine rings is 1. The van der Waals surface area contributed by atoms with Gasteiger partial charge in [0.2, 0.25) is 5.91 Å². The van der Waals surface area contributed by atoms with E-state index in [1.54, 1.807) is 0 Å². The van der Waals surface area contributed by atoms with Gasteiger partial charge in [-0.05, 0) is 55.4 Å². The van der Waals surface area contributed by atoms with Crippen LogP contribution >= 0.6 is 0 Å². The normalized spacial score (nSPS) is 17.6. The lowest BCUT2D eigenvalue weighted by Gasteiger charge is -2.33. The Hall–Kier alpha value is -2.77. The molecule has 1 atom stereocenters. The van der Waals surface area contributed by atoms with E-state index in [0.717, 1.165) is 43.1 Å². The van der Waals surface area contributed by atoms with E-state index in [2.05, 4.69) is 28.6 Å². The van der Waals surface area contributed by atoms with Crippen molar-refractivity contribution in [2.24, 2.45) is 5.92 Å². The summed E-state index contributed by atoms with van der Waals surface area (Å²) in [6.45, 7) is 6.36. The summed E-state index contributed by atoms with van der Waals surface area (Å²) in [4.78, 5) is 18.7. The molecule has 2 aliphatic rings. The van der Waals surface area contributed by atoms with E-state index in [1.807, 2.05) is 24.0 Å². The first kappa shape index (κ1) is 22.4. The SMILES string of the molecule is CC1CCN(c2nc(C(F)(F)F)ccc2CNC(=O)C(C)c2ccc3c(c2)CCN3)CC1. The maximum Gasteiger partial charge on any atom is 0.433 e. The zero-order valence-electron chi connectivity index (χ0n) is 18.4. The number of rotatable bonds is 5. The van der Waals surface area contributed by atoms with E-state index < -0.39 is 11.9 Å². The zero-order valence-corrected chi connectivity index (χ0v) is 18.4. The predicted octanol–water partition coefficient (Wildman–Crippen LogP) is 4.72. The molecular weight excluding hydrogens is 417 g/mol. The van der Waals surface area contributed by atoms with E-state index in [-0.39, 0.29) is 18.4 Å². The molecule has 1 aromatic carbocycles. The maximum atomic E-state index is 13.3. The molecule has 0 spiro atoms. The second-order valence-corrected chi connectivity index (χ2v) is 8.88. The summed E-state index contributed by atoms with van der Waals surface area (Å²) in [5.74, 6) is 0.350. The van der Waals surface area contributed by atoms with Gasteiger partial charge >= 0.3 is 6.18 Å². The summed E-state index contributed by atoms with van der Waals surface area (Å²) >= 11 is 0. The van der Waals surface area contributed by atoms with Gasteiger partial charge in [-0.15, -0.1) is 0 Å². The largest absolute Gasteiger partial charge is 0.433 e. The Morgan fingerprint density at radius 3 is 2.72 bits per heavy atom. The molecule has 3 heterocycles. The number of piperidine rings is 1. The highest BCUT2D eigenvalue weighted by atomic mass is 19.4. The van der Waals surface area contributed by atoms with Gasteiger partial charge in [-0.3, -0.25) is 4.79 Å². The van der Waals surface area contributed by atoms with Crippen LogP contribution in [0.4, 0.5) is 24.7 Å². The van der Waals surface area contributed by atoms with E-state index in [9.17, 15) is 18.0 Å². The maximum absolute atomic E-state index is 13.3. The average molecular weight is 447 g/mol. The van der Waals surface area contributed by atoms with Crippen LogP contribution in [0.15, 0.2) is 30.3 Å². The molecule has 0 radical (unpaired) electrons. The molecule has 32 heavy (non-hydrogen) atoms. The second kappa shape index (κ2) is 9.00. The van der Waals surface area contributed by atoms with Gasteiger partial charge in [-0.1, -0.05) is 25.1 Å². The van der Waals surface area contributed by atoms with Crippen LogP contribution in [-0.4, -0.2) is 30.5 Å². The van der Waals surface area contributed by atoms with Gasteiger partial charge in [0.1, 0.15) is 11.5 Å². The van der Waals surface area contributed by atoms with Gasteiger partial charge in [0, 0.05) is 37.4 Å². The van der Waals surface area contributed by atoms with Crippen molar-refractivity contribution in [3.05, 3.63) is 52.7 Å². The van der Waals surface area contributed by atoms with Crippen LogP contribution in [0.3, 0.4) is 0 Å². The van der Waals surface area contributed by atoms with Gasteiger partial charge in [-0.25, -0.2) is 4.98 Å². The van der Waals surface area contributed by atoms with Crippen molar-refractivity contribution in [2.75, 3.05) is 29.9 Å². The van der Waals surface area contributed by atoms with Crippen molar-refractivity contribution >= 4 is 17.4 Å². The zero-order chi connectivity index (χ0) is 22.9. The summed E-state index contributed by atoms with van der Waals surface area (Å²) in [5.41, 5.74) is 2.95.